The molecule has 0 aliphatic carbocycles. The second kappa shape index (κ2) is 7.94. The van der Waals surface area contributed by atoms with Gasteiger partial charge in [-0.1, -0.05) is 54.1 Å². The second-order valence-electron chi connectivity index (χ2n) is 7.68. The largest absolute Gasteiger partial charge is 0.354 e. The first-order valence-electron chi connectivity index (χ1n) is 9.74. The van der Waals surface area contributed by atoms with Crippen molar-refractivity contribution in [3.63, 3.8) is 0 Å². The van der Waals surface area contributed by atoms with Crippen LogP contribution in [0.3, 0.4) is 0 Å². The number of rotatable bonds is 5. The van der Waals surface area contributed by atoms with Gasteiger partial charge in [-0.05, 0) is 56.4 Å². The number of amides is 1. The van der Waals surface area contributed by atoms with Crippen LogP contribution in [0, 0.1) is 6.92 Å². The number of nitrogens with zero attached hydrogens (tertiary/aromatic N) is 1. The predicted molar refractivity (Wildman–Crippen MR) is 121 cm³/mol. The van der Waals surface area contributed by atoms with Gasteiger partial charge in [-0.25, -0.2) is 0 Å². The number of anilines is 2. The third-order valence-corrected chi connectivity index (χ3v) is 4.95. The molecule has 3 aromatic rings. The van der Waals surface area contributed by atoms with E-state index in [1.165, 1.54) is 5.56 Å². The standard InChI is InChI=1S/C25H25N3O/c1-17-7-6-8-19(15-17)24(23-21-9-4-5-10-22(21)27-25(23)29)26-20-13-11-18(12-14-20)16-28(2)3/h4-15,26H,16H2,1-3H3,(H,27,29)/b24-23-. The average molecular weight is 383 g/mol. The summed E-state index contributed by atoms with van der Waals surface area (Å²) in [6.45, 7) is 2.95. The van der Waals surface area contributed by atoms with Gasteiger partial charge in [-0.3, -0.25) is 4.79 Å². The van der Waals surface area contributed by atoms with Gasteiger partial charge in [0.2, 0.25) is 0 Å². The molecule has 0 atom stereocenters. The highest BCUT2D eigenvalue weighted by Crippen LogP contribution is 2.37. The number of carbonyl (C=O) groups is 1. The molecule has 0 saturated carbocycles. The molecule has 0 bridgehead atoms. The van der Waals surface area contributed by atoms with Gasteiger partial charge in [0.05, 0.1) is 11.3 Å². The molecule has 2 N–H and O–H groups in total. The lowest BCUT2D eigenvalue weighted by molar-refractivity contribution is -0.110. The van der Waals surface area contributed by atoms with Crippen molar-refractivity contribution in [1.29, 1.82) is 0 Å². The summed E-state index contributed by atoms with van der Waals surface area (Å²) in [6, 6.07) is 24.4. The molecule has 4 rings (SSSR count). The van der Waals surface area contributed by atoms with E-state index in [1.807, 2.05) is 36.4 Å². The Morgan fingerprint density at radius 1 is 0.966 bits per heavy atom. The van der Waals surface area contributed by atoms with E-state index in [1.54, 1.807) is 0 Å². The van der Waals surface area contributed by atoms with E-state index in [4.69, 9.17) is 0 Å². The highest BCUT2D eigenvalue weighted by Gasteiger charge is 2.28. The van der Waals surface area contributed by atoms with E-state index in [0.29, 0.717) is 5.57 Å². The lowest BCUT2D eigenvalue weighted by atomic mass is 9.99. The van der Waals surface area contributed by atoms with Gasteiger partial charge in [-0.15, -0.1) is 0 Å². The van der Waals surface area contributed by atoms with Crippen LogP contribution in [0.25, 0.3) is 11.3 Å². The summed E-state index contributed by atoms with van der Waals surface area (Å²) in [7, 11) is 4.12. The molecule has 1 aliphatic heterocycles. The van der Waals surface area contributed by atoms with Gasteiger partial charge in [0, 0.05) is 23.5 Å². The normalized spacial score (nSPS) is 14.6. The molecule has 1 amide bonds. The van der Waals surface area contributed by atoms with Gasteiger partial charge in [0.25, 0.3) is 5.91 Å². The number of hydrogen-bond acceptors (Lipinski definition) is 3. The summed E-state index contributed by atoms with van der Waals surface area (Å²) in [4.78, 5) is 15.0. The van der Waals surface area contributed by atoms with Crippen molar-refractivity contribution in [2.75, 3.05) is 24.7 Å². The van der Waals surface area contributed by atoms with E-state index >= 15 is 0 Å². The summed E-state index contributed by atoms with van der Waals surface area (Å²) in [6.07, 6.45) is 0. The Morgan fingerprint density at radius 3 is 2.45 bits per heavy atom. The minimum Gasteiger partial charge on any atom is -0.354 e. The first-order chi connectivity index (χ1) is 14.0. The van der Waals surface area contributed by atoms with Crippen molar-refractivity contribution in [2.45, 2.75) is 13.5 Å². The third-order valence-electron chi connectivity index (χ3n) is 4.95. The minimum atomic E-state index is -0.0839. The van der Waals surface area contributed by atoms with Crippen LogP contribution in [0.15, 0.2) is 72.8 Å². The van der Waals surface area contributed by atoms with Crippen LogP contribution >= 0.6 is 0 Å². The minimum absolute atomic E-state index is 0.0839. The Hall–Kier alpha value is -3.37. The fourth-order valence-electron chi connectivity index (χ4n) is 3.65. The number of nitrogens with one attached hydrogen (secondary N) is 2. The van der Waals surface area contributed by atoms with Crippen LogP contribution in [-0.2, 0) is 11.3 Å². The SMILES string of the molecule is Cc1cccc(/C(Nc2ccc(CN(C)C)cc2)=C2/C(=O)Nc3ccccc32)c1. The molecule has 0 fully saturated rings. The van der Waals surface area contributed by atoms with Gasteiger partial charge in [0.15, 0.2) is 0 Å². The number of para-hydroxylation sites is 1. The predicted octanol–water partition coefficient (Wildman–Crippen LogP) is 4.99. The lowest BCUT2D eigenvalue weighted by Gasteiger charge is -2.16. The van der Waals surface area contributed by atoms with Crippen LogP contribution in [0.4, 0.5) is 11.4 Å². The molecule has 3 aromatic carbocycles. The van der Waals surface area contributed by atoms with Gasteiger partial charge in [-0.2, -0.15) is 0 Å². The molecule has 1 aliphatic rings. The summed E-state index contributed by atoms with van der Waals surface area (Å²) in [5, 5.41) is 6.51. The van der Waals surface area contributed by atoms with Crippen LogP contribution in [0.2, 0.25) is 0 Å². The number of carbonyl (C=O) groups excluding carboxylic acids is 1. The zero-order valence-electron chi connectivity index (χ0n) is 17.0. The van der Waals surface area contributed by atoms with E-state index in [9.17, 15) is 4.79 Å². The molecule has 0 radical (unpaired) electrons. The van der Waals surface area contributed by atoms with Crippen molar-refractivity contribution in [1.82, 2.24) is 4.90 Å². The third kappa shape index (κ3) is 4.08. The number of benzene rings is 3. The fraction of sp³-hybridized carbons (Fsp3) is 0.160. The van der Waals surface area contributed by atoms with Crippen molar-refractivity contribution in [3.05, 3.63) is 95.1 Å². The average Bonchev–Trinajstić information content (AvgIpc) is 3.02. The van der Waals surface area contributed by atoms with E-state index in [-0.39, 0.29) is 5.91 Å². The van der Waals surface area contributed by atoms with E-state index in [2.05, 4.69) is 73.0 Å². The molecular weight excluding hydrogens is 358 g/mol. The molecule has 4 heteroatoms. The second-order valence-corrected chi connectivity index (χ2v) is 7.68. The maximum Gasteiger partial charge on any atom is 0.258 e. The fourth-order valence-corrected chi connectivity index (χ4v) is 3.65. The Bertz CT molecular complexity index is 1080. The van der Waals surface area contributed by atoms with Crippen molar-refractivity contribution < 1.29 is 4.79 Å². The number of hydrogen-bond donors (Lipinski definition) is 2. The number of aryl methyl sites for hydroxylation is 1. The Kier molecular flexibility index (Phi) is 5.19. The molecule has 0 spiro atoms. The Morgan fingerprint density at radius 2 is 1.72 bits per heavy atom. The highest BCUT2D eigenvalue weighted by molar-refractivity contribution is 6.37. The summed E-state index contributed by atoms with van der Waals surface area (Å²) in [5.74, 6) is -0.0839. The maximum atomic E-state index is 12.9. The van der Waals surface area contributed by atoms with Crippen molar-refractivity contribution in [3.8, 4) is 0 Å². The molecule has 1 heterocycles. The highest BCUT2D eigenvalue weighted by atomic mass is 16.2. The maximum absolute atomic E-state index is 12.9. The van der Waals surface area contributed by atoms with Gasteiger partial charge < -0.3 is 15.5 Å². The summed E-state index contributed by atoms with van der Waals surface area (Å²) < 4.78 is 0. The molecular formula is C25H25N3O. The van der Waals surface area contributed by atoms with Gasteiger partial charge in [0.1, 0.15) is 0 Å². The monoisotopic (exact) mass is 383 g/mol. The zero-order chi connectivity index (χ0) is 20.4. The molecule has 29 heavy (non-hydrogen) atoms. The summed E-state index contributed by atoms with van der Waals surface area (Å²) in [5.41, 5.74) is 7.59. The first-order valence-corrected chi connectivity index (χ1v) is 9.74. The molecule has 0 saturated heterocycles. The quantitative estimate of drug-likeness (QED) is 0.610. The van der Waals surface area contributed by atoms with Crippen molar-refractivity contribution in [2.24, 2.45) is 0 Å². The van der Waals surface area contributed by atoms with E-state index in [0.717, 1.165) is 40.3 Å². The van der Waals surface area contributed by atoms with Crippen LogP contribution < -0.4 is 10.6 Å². The van der Waals surface area contributed by atoms with Crippen LogP contribution in [0.5, 0.6) is 0 Å². The Labute approximate surface area is 171 Å². The smallest absolute Gasteiger partial charge is 0.258 e. The van der Waals surface area contributed by atoms with E-state index < -0.39 is 0 Å². The lowest BCUT2D eigenvalue weighted by Crippen LogP contribution is -2.11. The van der Waals surface area contributed by atoms with Gasteiger partial charge >= 0.3 is 0 Å². The Balaban J connectivity index is 1.79. The molecule has 0 aromatic heterocycles. The summed E-state index contributed by atoms with van der Waals surface area (Å²) >= 11 is 0. The van der Waals surface area contributed by atoms with Crippen LogP contribution in [-0.4, -0.2) is 24.9 Å². The zero-order valence-corrected chi connectivity index (χ0v) is 17.0. The van der Waals surface area contributed by atoms with Crippen LogP contribution in [0.1, 0.15) is 22.3 Å². The number of fused-ring (bicyclic) bond motifs is 1. The topological polar surface area (TPSA) is 44.4 Å². The molecule has 0 unspecified atom stereocenters. The molecule has 146 valence electrons. The van der Waals surface area contributed by atoms with Crippen molar-refractivity contribution >= 4 is 28.6 Å². The first kappa shape index (κ1) is 19.0. The molecule has 4 nitrogen and oxygen atoms in total.